The first-order chi connectivity index (χ1) is 25.3. The number of nitrogens with zero attached hydrogens (tertiary/aromatic N) is 1. The van der Waals surface area contributed by atoms with Gasteiger partial charge in [0.1, 0.15) is 0 Å². The number of anilines is 3. The normalized spacial score (nSPS) is 11.5. The van der Waals surface area contributed by atoms with Gasteiger partial charge in [-0.15, -0.1) is 22.7 Å². The minimum Gasteiger partial charge on any atom is -0.310 e. The molecule has 10 rings (SSSR count). The molecule has 0 fully saturated rings. The van der Waals surface area contributed by atoms with Gasteiger partial charge in [0.2, 0.25) is 0 Å². The molecule has 0 unspecified atom stereocenters. The van der Waals surface area contributed by atoms with Crippen molar-refractivity contribution in [1.29, 1.82) is 0 Å². The van der Waals surface area contributed by atoms with E-state index in [2.05, 4.69) is 193 Å². The number of fused-ring (bicyclic) bond motifs is 6. The lowest BCUT2D eigenvalue weighted by Crippen LogP contribution is -2.11. The minimum atomic E-state index is 1.14. The number of rotatable bonds is 6. The molecule has 0 aliphatic heterocycles. The Hall–Kier alpha value is -6.00. The molecule has 0 atom stereocenters. The lowest BCUT2D eigenvalue weighted by Gasteiger charge is -2.28. The number of benzene rings is 8. The van der Waals surface area contributed by atoms with E-state index in [-0.39, 0.29) is 0 Å². The molecule has 8 aromatic carbocycles. The van der Waals surface area contributed by atoms with Crippen LogP contribution in [0.25, 0.3) is 73.7 Å². The maximum atomic E-state index is 2.46. The second kappa shape index (κ2) is 12.4. The summed E-state index contributed by atoms with van der Waals surface area (Å²) < 4.78 is 5.22. The van der Waals surface area contributed by atoms with Crippen LogP contribution in [0.5, 0.6) is 0 Å². The van der Waals surface area contributed by atoms with Gasteiger partial charge in [0.05, 0.1) is 5.69 Å². The van der Waals surface area contributed by atoms with Crippen molar-refractivity contribution in [3.8, 4) is 33.4 Å². The van der Waals surface area contributed by atoms with Crippen LogP contribution in [0.4, 0.5) is 17.1 Å². The standard InChI is InChI=1S/C48H31NS2/c1-3-12-32(13-4-1)34-16-11-17-35(28-34)36-22-26-44(42(29-36)33-14-5-2-6-15-33)49(37-24-27-47-43(30-37)40-19-8-10-21-46(40)50-47)38-23-25-41-39-18-7-9-20-45(39)51-48(41)31-38/h1-31H. The van der Waals surface area contributed by atoms with E-state index in [0.29, 0.717) is 0 Å². The third-order valence-corrected chi connectivity index (χ3v) is 12.1. The summed E-state index contributed by atoms with van der Waals surface area (Å²) in [6.07, 6.45) is 0. The Labute approximate surface area is 304 Å². The molecule has 3 heteroatoms. The quantitative estimate of drug-likeness (QED) is 0.168. The van der Waals surface area contributed by atoms with Crippen LogP contribution in [0.15, 0.2) is 188 Å². The van der Waals surface area contributed by atoms with Crippen LogP contribution in [0.1, 0.15) is 0 Å². The predicted molar refractivity (Wildman–Crippen MR) is 223 cm³/mol. The highest BCUT2D eigenvalue weighted by Crippen LogP contribution is 2.46. The van der Waals surface area contributed by atoms with Gasteiger partial charge in [-0.1, -0.05) is 127 Å². The van der Waals surface area contributed by atoms with Crippen molar-refractivity contribution in [2.45, 2.75) is 0 Å². The molecule has 0 aliphatic carbocycles. The van der Waals surface area contributed by atoms with E-state index >= 15 is 0 Å². The summed E-state index contributed by atoms with van der Waals surface area (Å²) in [6.45, 7) is 0. The van der Waals surface area contributed by atoms with Crippen LogP contribution in [-0.4, -0.2) is 0 Å². The fourth-order valence-corrected chi connectivity index (χ4v) is 9.63. The molecule has 51 heavy (non-hydrogen) atoms. The average molecular weight is 686 g/mol. The molecule has 0 N–H and O–H groups in total. The zero-order chi connectivity index (χ0) is 33.7. The summed E-state index contributed by atoms with van der Waals surface area (Å²) >= 11 is 3.72. The fraction of sp³-hybridized carbons (Fsp3) is 0. The van der Waals surface area contributed by atoms with E-state index < -0.39 is 0 Å². The van der Waals surface area contributed by atoms with E-state index in [1.165, 1.54) is 73.7 Å². The molecule has 0 aliphatic rings. The van der Waals surface area contributed by atoms with Gasteiger partial charge < -0.3 is 4.90 Å². The highest BCUT2D eigenvalue weighted by atomic mass is 32.1. The van der Waals surface area contributed by atoms with Crippen LogP contribution in [0, 0.1) is 0 Å². The molecule has 0 saturated carbocycles. The minimum absolute atomic E-state index is 1.14. The van der Waals surface area contributed by atoms with Crippen molar-refractivity contribution in [3.63, 3.8) is 0 Å². The monoisotopic (exact) mass is 685 g/mol. The van der Waals surface area contributed by atoms with Gasteiger partial charge in [0.15, 0.2) is 0 Å². The van der Waals surface area contributed by atoms with Crippen molar-refractivity contribution in [1.82, 2.24) is 0 Å². The van der Waals surface area contributed by atoms with Crippen LogP contribution < -0.4 is 4.90 Å². The van der Waals surface area contributed by atoms with Gasteiger partial charge in [0, 0.05) is 57.3 Å². The smallest absolute Gasteiger partial charge is 0.0540 e. The van der Waals surface area contributed by atoms with Gasteiger partial charge in [0.25, 0.3) is 0 Å². The topological polar surface area (TPSA) is 3.24 Å². The summed E-state index contributed by atoms with van der Waals surface area (Å²) in [5, 5.41) is 5.21. The highest BCUT2D eigenvalue weighted by molar-refractivity contribution is 7.26. The summed E-state index contributed by atoms with van der Waals surface area (Å²) in [6, 6.07) is 68.8. The Morgan fingerprint density at radius 2 is 0.824 bits per heavy atom. The van der Waals surface area contributed by atoms with E-state index in [4.69, 9.17) is 0 Å². The third kappa shape index (κ3) is 5.30. The van der Waals surface area contributed by atoms with Crippen LogP contribution in [0.2, 0.25) is 0 Å². The number of hydrogen-bond donors (Lipinski definition) is 0. The molecular weight excluding hydrogens is 655 g/mol. The molecule has 0 spiro atoms. The molecule has 240 valence electrons. The molecule has 10 aromatic rings. The summed E-state index contributed by atoms with van der Waals surface area (Å²) in [5.41, 5.74) is 10.6. The molecule has 0 amide bonds. The van der Waals surface area contributed by atoms with Gasteiger partial charge in [-0.2, -0.15) is 0 Å². The zero-order valence-electron chi connectivity index (χ0n) is 27.7. The van der Waals surface area contributed by atoms with Crippen LogP contribution in [0.3, 0.4) is 0 Å². The number of hydrogen-bond acceptors (Lipinski definition) is 3. The van der Waals surface area contributed by atoms with E-state index in [1.54, 1.807) is 0 Å². The Morgan fingerprint density at radius 3 is 1.59 bits per heavy atom. The molecular formula is C48H31NS2. The maximum absolute atomic E-state index is 2.46. The summed E-state index contributed by atoms with van der Waals surface area (Å²) in [7, 11) is 0. The lowest BCUT2D eigenvalue weighted by molar-refractivity contribution is 1.30. The Bertz CT molecular complexity index is 2860. The van der Waals surface area contributed by atoms with Gasteiger partial charge in [-0.05, 0) is 88.5 Å². The predicted octanol–water partition coefficient (Wildman–Crippen LogP) is 14.9. The molecule has 0 bridgehead atoms. The second-order valence-corrected chi connectivity index (χ2v) is 15.1. The highest BCUT2D eigenvalue weighted by Gasteiger charge is 2.21. The maximum Gasteiger partial charge on any atom is 0.0540 e. The Balaban J connectivity index is 1.20. The molecule has 1 nitrogen and oxygen atoms in total. The first kappa shape index (κ1) is 29.9. The van der Waals surface area contributed by atoms with E-state index in [0.717, 1.165) is 17.1 Å². The third-order valence-electron chi connectivity index (χ3n) is 9.86. The number of thiophene rings is 2. The van der Waals surface area contributed by atoms with Crippen LogP contribution >= 0.6 is 22.7 Å². The largest absolute Gasteiger partial charge is 0.310 e. The molecule has 2 aromatic heterocycles. The average Bonchev–Trinajstić information content (AvgIpc) is 3.77. The van der Waals surface area contributed by atoms with Crippen LogP contribution in [-0.2, 0) is 0 Å². The zero-order valence-corrected chi connectivity index (χ0v) is 29.3. The second-order valence-electron chi connectivity index (χ2n) is 12.9. The van der Waals surface area contributed by atoms with Gasteiger partial charge >= 0.3 is 0 Å². The molecule has 0 saturated heterocycles. The Kier molecular flexibility index (Phi) is 7.26. The summed E-state index contributed by atoms with van der Waals surface area (Å²) in [4.78, 5) is 2.46. The van der Waals surface area contributed by atoms with Crippen molar-refractivity contribution in [2.75, 3.05) is 4.90 Å². The van der Waals surface area contributed by atoms with Crippen molar-refractivity contribution < 1.29 is 0 Å². The van der Waals surface area contributed by atoms with E-state index in [1.807, 2.05) is 22.7 Å². The first-order valence-electron chi connectivity index (χ1n) is 17.2. The van der Waals surface area contributed by atoms with Crippen molar-refractivity contribution in [3.05, 3.63) is 188 Å². The SMILES string of the molecule is c1ccc(-c2cccc(-c3ccc(N(c4ccc5c(c4)sc4ccccc45)c4ccc5sc6ccccc6c5c4)c(-c4ccccc4)c3)c2)cc1. The fourth-order valence-electron chi connectivity index (χ4n) is 7.40. The van der Waals surface area contributed by atoms with E-state index in [9.17, 15) is 0 Å². The van der Waals surface area contributed by atoms with Crippen molar-refractivity contribution >= 4 is 80.1 Å². The molecule has 2 heterocycles. The van der Waals surface area contributed by atoms with Gasteiger partial charge in [-0.25, -0.2) is 0 Å². The molecule has 0 radical (unpaired) electrons. The first-order valence-corrected chi connectivity index (χ1v) is 18.9. The lowest BCUT2D eigenvalue weighted by atomic mass is 9.94. The van der Waals surface area contributed by atoms with Crippen molar-refractivity contribution in [2.24, 2.45) is 0 Å². The Morgan fingerprint density at radius 1 is 0.294 bits per heavy atom. The van der Waals surface area contributed by atoms with Gasteiger partial charge in [-0.3, -0.25) is 0 Å². The summed E-state index contributed by atoms with van der Waals surface area (Å²) in [5.74, 6) is 0.